The van der Waals surface area contributed by atoms with Crippen LogP contribution in [0.15, 0.2) is 41.2 Å². The van der Waals surface area contributed by atoms with Crippen LogP contribution in [-0.4, -0.2) is 33.7 Å². The zero-order chi connectivity index (χ0) is 17.8. The van der Waals surface area contributed by atoms with E-state index in [0.29, 0.717) is 25.4 Å². The molecule has 5 nitrogen and oxygen atoms in total. The smallest absolute Gasteiger partial charge is 0.274 e. The van der Waals surface area contributed by atoms with E-state index in [9.17, 15) is 14.0 Å². The molecule has 1 aliphatic heterocycles. The molecule has 0 saturated carbocycles. The summed E-state index contributed by atoms with van der Waals surface area (Å²) in [6, 6.07) is 9.68. The summed E-state index contributed by atoms with van der Waals surface area (Å²) >= 11 is 0. The van der Waals surface area contributed by atoms with Gasteiger partial charge in [-0.05, 0) is 49.3 Å². The van der Waals surface area contributed by atoms with Crippen LogP contribution < -0.4 is 5.56 Å². The molecule has 3 rings (SSSR count). The minimum absolute atomic E-state index is 0.147. The van der Waals surface area contributed by atoms with Crippen LogP contribution in [0.3, 0.4) is 0 Å². The molecule has 0 unspecified atom stereocenters. The van der Waals surface area contributed by atoms with Crippen LogP contribution in [0, 0.1) is 11.7 Å². The fourth-order valence-corrected chi connectivity index (χ4v) is 3.32. The maximum absolute atomic E-state index is 13.7. The molecule has 1 aliphatic rings. The minimum Gasteiger partial charge on any atom is -0.337 e. The molecule has 1 aromatic heterocycles. The van der Waals surface area contributed by atoms with Crippen molar-refractivity contribution in [2.75, 3.05) is 13.1 Å². The van der Waals surface area contributed by atoms with Crippen molar-refractivity contribution in [3.05, 3.63) is 63.8 Å². The van der Waals surface area contributed by atoms with Gasteiger partial charge < -0.3 is 4.90 Å². The number of hydrogen-bond donors (Lipinski definition) is 0. The molecule has 1 fully saturated rings. The quantitative estimate of drug-likeness (QED) is 0.857. The molecule has 1 aromatic carbocycles. The Morgan fingerprint density at radius 3 is 2.84 bits per heavy atom. The first kappa shape index (κ1) is 17.3. The van der Waals surface area contributed by atoms with E-state index in [1.54, 1.807) is 11.0 Å². The zero-order valence-corrected chi connectivity index (χ0v) is 14.3. The molecule has 0 bridgehead atoms. The summed E-state index contributed by atoms with van der Waals surface area (Å²) < 4.78 is 14.9. The summed E-state index contributed by atoms with van der Waals surface area (Å²) in [5.74, 6) is 0.0386. The molecule has 0 radical (unpaired) electrons. The molecule has 2 heterocycles. The summed E-state index contributed by atoms with van der Waals surface area (Å²) in [7, 11) is 1.53. The van der Waals surface area contributed by atoms with E-state index in [1.807, 2.05) is 12.1 Å². The van der Waals surface area contributed by atoms with E-state index in [2.05, 4.69) is 5.10 Å². The lowest BCUT2D eigenvalue weighted by molar-refractivity contribution is 0.0659. The minimum atomic E-state index is -0.238. The third-order valence-electron chi connectivity index (χ3n) is 4.77. The Hall–Kier alpha value is -2.50. The first-order chi connectivity index (χ1) is 12.0. The van der Waals surface area contributed by atoms with Gasteiger partial charge in [-0.2, -0.15) is 5.10 Å². The number of benzene rings is 1. The second-order valence-corrected chi connectivity index (χ2v) is 6.57. The number of aryl methyl sites for hydroxylation is 2. The summed E-state index contributed by atoms with van der Waals surface area (Å²) in [4.78, 5) is 25.8. The molecule has 1 atom stereocenters. The predicted octanol–water partition coefficient (Wildman–Crippen LogP) is 2.40. The van der Waals surface area contributed by atoms with Crippen LogP contribution in [0.1, 0.15) is 35.3 Å². The summed E-state index contributed by atoms with van der Waals surface area (Å²) in [5, 5.41) is 4.04. The third-order valence-corrected chi connectivity index (χ3v) is 4.77. The largest absolute Gasteiger partial charge is 0.337 e. The number of piperidine rings is 1. The number of hydrogen-bond acceptors (Lipinski definition) is 3. The fourth-order valence-electron chi connectivity index (χ4n) is 3.32. The van der Waals surface area contributed by atoms with Crippen molar-refractivity contribution in [3.8, 4) is 0 Å². The lowest BCUT2D eigenvalue weighted by atomic mass is 9.91. The van der Waals surface area contributed by atoms with Crippen LogP contribution in [0.4, 0.5) is 4.39 Å². The van der Waals surface area contributed by atoms with Crippen LogP contribution in [0.25, 0.3) is 0 Å². The van der Waals surface area contributed by atoms with Crippen molar-refractivity contribution >= 4 is 5.91 Å². The molecule has 1 amide bonds. The SMILES string of the molecule is Cn1nc(C(=O)N2CCC[C@@H](CCc3ccccc3F)C2)ccc1=O. The van der Waals surface area contributed by atoms with Gasteiger partial charge in [0, 0.05) is 26.2 Å². The van der Waals surface area contributed by atoms with Crippen molar-refractivity contribution in [1.29, 1.82) is 0 Å². The molecular formula is C19H22FN3O2. The topological polar surface area (TPSA) is 55.2 Å². The molecule has 1 saturated heterocycles. The Kier molecular flexibility index (Phi) is 5.26. The van der Waals surface area contributed by atoms with E-state index in [0.717, 1.165) is 24.8 Å². The highest BCUT2D eigenvalue weighted by molar-refractivity contribution is 5.92. The van der Waals surface area contributed by atoms with Crippen molar-refractivity contribution in [2.45, 2.75) is 25.7 Å². The fraction of sp³-hybridized carbons (Fsp3) is 0.421. The second-order valence-electron chi connectivity index (χ2n) is 6.57. The molecular weight excluding hydrogens is 321 g/mol. The van der Waals surface area contributed by atoms with Crippen molar-refractivity contribution in [1.82, 2.24) is 14.7 Å². The van der Waals surface area contributed by atoms with Crippen molar-refractivity contribution < 1.29 is 9.18 Å². The zero-order valence-electron chi connectivity index (χ0n) is 14.3. The number of likely N-dealkylation sites (tertiary alicyclic amines) is 1. The molecule has 25 heavy (non-hydrogen) atoms. The number of amides is 1. The number of rotatable bonds is 4. The van der Waals surface area contributed by atoms with Gasteiger partial charge >= 0.3 is 0 Å². The van der Waals surface area contributed by atoms with Gasteiger partial charge in [-0.15, -0.1) is 0 Å². The summed E-state index contributed by atoms with van der Waals surface area (Å²) in [6.07, 6.45) is 3.50. The van der Waals surface area contributed by atoms with Gasteiger partial charge in [0.15, 0.2) is 0 Å². The lowest BCUT2D eigenvalue weighted by Crippen LogP contribution is -2.41. The first-order valence-electron chi connectivity index (χ1n) is 8.61. The van der Waals surface area contributed by atoms with E-state index in [4.69, 9.17) is 0 Å². The highest BCUT2D eigenvalue weighted by Crippen LogP contribution is 2.23. The molecule has 6 heteroatoms. The highest BCUT2D eigenvalue weighted by atomic mass is 19.1. The summed E-state index contributed by atoms with van der Waals surface area (Å²) in [5.41, 5.74) is 0.778. The second kappa shape index (κ2) is 7.59. The molecule has 0 spiro atoms. The number of halogens is 1. The van der Waals surface area contributed by atoms with Gasteiger partial charge in [-0.25, -0.2) is 9.07 Å². The van der Waals surface area contributed by atoms with Crippen LogP contribution in [0.2, 0.25) is 0 Å². The lowest BCUT2D eigenvalue weighted by Gasteiger charge is -2.32. The van der Waals surface area contributed by atoms with Crippen LogP contribution in [-0.2, 0) is 13.5 Å². The molecule has 132 valence electrons. The Bertz CT molecular complexity index is 818. The van der Waals surface area contributed by atoms with Crippen LogP contribution in [0.5, 0.6) is 0 Å². The third kappa shape index (κ3) is 4.13. The van der Waals surface area contributed by atoms with Crippen molar-refractivity contribution in [2.24, 2.45) is 13.0 Å². The maximum atomic E-state index is 13.7. The molecule has 2 aromatic rings. The molecule has 0 aliphatic carbocycles. The maximum Gasteiger partial charge on any atom is 0.274 e. The van der Waals surface area contributed by atoms with Gasteiger partial charge in [0.1, 0.15) is 11.5 Å². The van der Waals surface area contributed by atoms with Crippen molar-refractivity contribution in [3.63, 3.8) is 0 Å². The number of carbonyl (C=O) groups excluding carboxylic acids is 1. The molecule has 0 N–H and O–H groups in total. The van der Waals surface area contributed by atoms with Gasteiger partial charge in [-0.3, -0.25) is 9.59 Å². The standard InChI is InChI=1S/C19H22FN3O2/c1-22-18(24)11-10-17(21-22)19(25)23-12-4-5-14(13-23)8-9-15-6-2-3-7-16(15)20/h2-3,6-7,10-11,14H,4-5,8-9,12-13H2,1H3/t14-/m0/s1. The van der Waals surface area contributed by atoms with E-state index < -0.39 is 0 Å². The first-order valence-corrected chi connectivity index (χ1v) is 8.61. The average Bonchev–Trinajstić information content (AvgIpc) is 2.63. The average molecular weight is 343 g/mol. The Morgan fingerprint density at radius 2 is 2.08 bits per heavy atom. The summed E-state index contributed by atoms with van der Waals surface area (Å²) in [6.45, 7) is 1.34. The monoisotopic (exact) mass is 343 g/mol. The number of nitrogens with zero attached hydrogens (tertiary/aromatic N) is 3. The Balaban J connectivity index is 1.62. The number of aromatic nitrogens is 2. The van der Waals surface area contributed by atoms with Gasteiger partial charge in [0.05, 0.1) is 0 Å². The number of carbonyl (C=O) groups is 1. The normalized spacial score (nSPS) is 17.5. The van der Waals surface area contributed by atoms with E-state index in [1.165, 1.54) is 29.9 Å². The highest BCUT2D eigenvalue weighted by Gasteiger charge is 2.25. The van der Waals surface area contributed by atoms with Crippen LogP contribution >= 0.6 is 0 Å². The van der Waals surface area contributed by atoms with Gasteiger partial charge in [0.2, 0.25) is 0 Å². The van der Waals surface area contributed by atoms with Gasteiger partial charge in [-0.1, -0.05) is 18.2 Å². The van der Waals surface area contributed by atoms with E-state index in [-0.39, 0.29) is 23.0 Å². The van der Waals surface area contributed by atoms with E-state index >= 15 is 0 Å². The Morgan fingerprint density at radius 1 is 1.28 bits per heavy atom. The predicted molar refractivity (Wildman–Crippen MR) is 92.8 cm³/mol. The van der Waals surface area contributed by atoms with Gasteiger partial charge in [0.25, 0.3) is 11.5 Å². The Labute approximate surface area is 146 Å².